The zero-order valence-electron chi connectivity index (χ0n) is 13.7. The van der Waals surface area contributed by atoms with Crippen LogP contribution >= 0.6 is 0 Å². The number of piperidine rings is 1. The molecule has 0 unspecified atom stereocenters. The van der Waals surface area contributed by atoms with E-state index in [2.05, 4.69) is 15.6 Å². The molecule has 0 bridgehead atoms. The van der Waals surface area contributed by atoms with Crippen molar-refractivity contribution in [1.29, 1.82) is 0 Å². The van der Waals surface area contributed by atoms with Crippen molar-refractivity contribution in [3.8, 4) is 5.75 Å². The molecule has 0 aliphatic carbocycles. The van der Waals surface area contributed by atoms with E-state index in [1.807, 2.05) is 7.05 Å². The standard InChI is InChI=1S/C17H19FN4O3/c1-22-10-19-8-13(22)17-12(6-7-15(23)21-17)20-16(24)9-25-14-5-3-2-4-11(14)18/h2-5,8,10,12,17H,6-7,9H2,1H3,(H,20,24)(H,21,23)/t12-,17-/m1/s1. The van der Waals surface area contributed by atoms with E-state index >= 15 is 0 Å². The number of hydrogen-bond acceptors (Lipinski definition) is 4. The van der Waals surface area contributed by atoms with Crippen LogP contribution in [0.1, 0.15) is 24.6 Å². The van der Waals surface area contributed by atoms with Gasteiger partial charge in [-0.15, -0.1) is 0 Å². The van der Waals surface area contributed by atoms with Gasteiger partial charge in [-0.05, 0) is 18.6 Å². The highest BCUT2D eigenvalue weighted by molar-refractivity contribution is 5.80. The second-order valence-electron chi connectivity index (χ2n) is 5.91. The Labute approximate surface area is 144 Å². The zero-order chi connectivity index (χ0) is 17.8. The summed E-state index contributed by atoms with van der Waals surface area (Å²) in [5.41, 5.74) is 0.799. The molecule has 1 aliphatic heterocycles. The molecule has 1 aliphatic rings. The molecule has 0 saturated carbocycles. The SMILES string of the molecule is Cn1cncc1[C@@H]1NC(=O)CC[C@H]1NC(=O)COc1ccccc1F. The molecule has 8 heteroatoms. The molecule has 2 atom stereocenters. The minimum Gasteiger partial charge on any atom is -0.481 e. The maximum Gasteiger partial charge on any atom is 0.258 e. The maximum atomic E-state index is 13.5. The second kappa shape index (κ2) is 7.33. The number of halogens is 1. The summed E-state index contributed by atoms with van der Waals surface area (Å²) in [6, 6.07) is 5.25. The Morgan fingerprint density at radius 3 is 3.00 bits per heavy atom. The fourth-order valence-corrected chi connectivity index (χ4v) is 2.86. The first-order valence-electron chi connectivity index (χ1n) is 7.97. The first kappa shape index (κ1) is 16.9. The number of hydrogen-bond donors (Lipinski definition) is 2. The number of nitrogens with one attached hydrogen (secondary N) is 2. The van der Waals surface area contributed by atoms with Crippen LogP contribution in [0.2, 0.25) is 0 Å². The van der Waals surface area contributed by atoms with Crippen LogP contribution in [0.15, 0.2) is 36.8 Å². The van der Waals surface area contributed by atoms with Crippen molar-refractivity contribution >= 4 is 11.8 Å². The summed E-state index contributed by atoms with van der Waals surface area (Å²) in [5.74, 6) is -0.943. The lowest BCUT2D eigenvalue weighted by Gasteiger charge is -2.32. The van der Waals surface area contributed by atoms with Crippen molar-refractivity contribution in [2.45, 2.75) is 24.9 Å². The van der Waals surface area contributed by atoms with Crippen LogP contribution in [0.5, 0.6) is 5.75 Å². The molecule has 0 spiro atoms. The Bertz CT molecular complexity index is 777. The molecule has 3 rings (SSSR count). The molecule has 2 N–H and O–H groups in total. The Balaban J connectivity index is 1.63. The third kappa shape index (κ3) is 3.96. The van der Waals surface area contributed by atoms with Gasteiger partial charge in [0.2, 0.25) is 5.91 Å². The average Bonchev–Trinajstić information content (AvgIpc) is 3.01. The number of imidazole rings is 1. The third-order valence-electron chi connectivity index (χ3n) is 4.12. The molecule has 2 heterocycles. The topological polar surface area (TPSA) is 85.3 Å². The summed E-state index contributed by atoms with van der Waals surface area (Å²) in [5, 5.41) is 5.74. The average molecular weight is 346 g/mol. The van der Waals surface area contributed by atoms with Gasteiger partial charge >= 0.3 is 0 Å². The summed E-state index contributed by atoms with van der Waals surface area (Å²) in [7, 11) is 1.82. The van der Waals surface area contributed by atoms with Crippen LogP contribution in [0, 0.1) is 5.82 Å². The Kier molecular flexibility index (Phi) is 4.97. The molecule has 25 heavy (non-hydrogen) atoms. The van der Waals surface area contributed by atoms with Crippen molar-refractivity contribution in [2.75, 3.05) is 6.61 Å². The van der Waals surface area contributed by atoms with Gasteiger partial charge in [0.05, 0.1) is 30.3 Å². The van der Waals surface area contributed by atoms with Crippen molar-refractivity contribution in [1.82, 2.24) is 20.2 Å². The number of aryl methyl sites for hydroxylation is 1. The summed E-state index contributed by atoms with van der Waals surface area (Å²) in [6.45, 7) is -0.302. The predicted octanol–water partition coefficient (Wildman–Crippen LogP) is 1.07. The minimum absolute atomic E-state index is 0.0257. The summed E-state index contributed by atoms with van der Waals surface area (Å²) >= 11 is 0. The molecule has 2 aromatic rings. The number of benzene rings is 1. The Hall–Kier alpha value is -2.90. The molecule has 1 saturated heterocycles. The number of carbonyl (C=O) groups excluding carboxylic acids is 2. The van der Waals surface area contributed by atoms with Gasteiger partial charge in [-0.25, -0.2) is 9.37 Å². The highest BCUT2D eigenvalue weighted by Crippen LogP contribution is 2.23. The van der Waals surface area contributed by atoms with Crippen molar-refractivity contribution in [3.05, 3.63) is 48.3 Å². The van der Waals surface area contributed by atoms with E-state index in [-0.39, 0.29) is 36.3 Å². The quantitative estimate of drug-likeness (QED) is 0.848. The fourth-order valence-electron chi connectivity index (χ4n) is 2.86. The van der Waals surface area contributed by atoms with Crippen LogP contribution in [-0.2, 0) is 16.6 Å². The van der Waals surface area contributed by atoms with E-state index in [0.29, 0.717) is 12.8 Å². The summed E-state index contributed by atoms with van der Waals surface area (Å²) < 4.78 is 20.5. The molecule has 0 radical (unpaired) electrons. The number of ether oxygens (including phenoxy) is 1. The molecule has 1 aromatic carbocycles. The number of nitrogens with zero attached hydrogens (tertiary/aromatic N) is 2. The first-order valence-corrected chi connectivity index (χ1v) is 7.97. The lowest BCUT2D eigenvalue weighted by molar-refractivity contribution is -0.128. The van der Waals surface area contributed by atoms with Crippen molar-refractivity contribution in [2.24, 2.45) is 7.05 Å². The van der Waals surface area contributed by atoms with E-state index in [4.69, 9.17) is 4.74 Å². The zero-order valence-corrected chi connectivity index (χ0v) is 13.7. The van der Waals surface area contributed by atoms with E-state index in [9.17, 15) is 14.0 Å². The van der Waals surface area contributed by atoms with E-state index < -0.39 is 5.82 Å². The monoisotopic (exact) mass is 346 g/mol. The van der Waals surface area contributed by atoms with Crippen LogP contribution in [0.25, 0.3) is 0 Å². The molecule has 1 aromatic heterocycles. The molecule has 7 nitrogen and oxygen atoms in total. The summed E-state index contributed by atoms with van der Waals surface area (Å²) in [6.07, 6.45) is 4.13. The highest BCUT2D eigenvalue weighted by Gasteiger charge is 2.32. The molecular formula is C17H19FN4O3. The number of rotatable bonds is 5. The molecular weight excluding hydrogens is 327 g/mol. The van der Waals surface area contributed by atoms with Crippen molar-refractivity contribution < 1.29 is 18.7 Å². The summed E-state index contributed by atoms with van der Waals surface area (Å²) in [4.78, 5) is 28.0. The second-order valence-corrected chi connectivity index (χ2v) is 5.91. The van der Waals surface area contributed by atoms with Gasteiger partial charge in [-0.1, -0.05) is 12.1 Å². The number of para-hydroxylation sites is 1. The minimum atomic E-state index is -0.520. The van der Waals surface area contributed by atoms with Crippen LogP contribution < -0.4 is 15.4 Å². The lowest BCUT2D eigenvalue weighted by atomic mass is 9.95. The van der Waals surface area contributed by atoms with Gasteiger partial charge < -0.3 is 19.9 Å². The van der Waals surface area contributed by atoms with E-state index in [1.54, 1.807) is 29.2 Å². The van der Waals surface area contributed by atoms with Crippen molar-refractivity contribution in [3.63, 3.8) is 0 Å². The van der Waals surface area contributed by atoms with E-state index in [1.165, 1.54) is 12.1 Å². The van der Waals surface area contributed by atoms with Crippen LogP contribution in [-0.4, -0.2) is 34.0 Å². The smallest absolute Gasteiger partial charge is 0.258 e. The van der Waals surface area contributed by atoms with Gasteiger partial charge in [-0.2, -0.15) is 0 Å². The van der Waals surface area contributed by atoms with Crippen LogP contribution in [0.3, 0.4) is 0 Å². The predicted molar refractivity (Wildman–Crippen MR) is 87.2 cm³/mol. The fraction of sp³-hybridized carbons (Fsp3) is 0.353. The molecule has 132 valence electrons. The largest absolute Gasteiger partial charge is 0.481 e. The normalized spacial score (nSPS) is 20.0. The van der Waals surface area contributed by atoms with Crippen LogP contribution in [0.4, 0.5) is 4.39 Å². The molecule has 1 fully saturated rings. The van der Waals surface area contributed by atoms with Gasteiger partial charge in [0.25, 0.3) is 5.91 Å². The van der Waals surface area contributed by atoms with E-state index in [0.717, 1.165) is 5.69 Å². The third-order valence-corrected chi connectivity index (χ3v) is 4.12. The highest BCUT2D eigenvalue weighted by atomic mass is 19.1. The van der Waals surface area contributed by atoms with Gasteiger partial charge in [0, 0.05) is 13.5 Å². The van der Waals surface area contributed by atoms with Gasteiger partial charge in [0.1, 0.15) is 0 Å². The number of carbonyl (C=O) groups is 2. The number of amides is 2. The lowest BCUT2D eigenvalue weighted by Crippen LogP contribution is -2.51. The Morgan fingerprint density at radius 1 is 1.48 bits per heavy atom. The first-order chi connectivity index (χ1) is 12.0. The molecule has 2 amide bonds. The Morgan fingerprint density at radius 2 is 2.28 bits per heavy atom. The van der Waals surface area contributed by atoms with Gasteiger partial charge in [-0.3, -0.25) is 9.59 Å². The van der Waals surface area contributed by atoms with Gasteiger partial charge in [0.15, 0.2) is 18.2 Å². The number of aromatic nitrogens is 2. The maximum absolute atomic E-state index is 13.5.